The molecule has 4 rings (SSSR count). The van der Waals surface area contributed by atoms with Crippen LogP contribution in [0, 0.1) is 11.3 Å². The van der Waals surface area contributed by atoms with Gasteiger partial charge < -0.3 is 15.5 Å². The lowest BCUT2D eigenvalue weighted by Gasteiger charge is -2.32. The summed E-state index contributed by atoms with van der Waals surface area (Å²) in [5.41, 5.74) is 1.49. The number of benzene rings is 2. The van der Waals surface area contributed by atoms with Gasteiger partial charge in [0.05, 0.1) is 17.7 Å². The van der Waals surface area contributed by atoms with Crippen LogP contribution < -0.4 is 5.32 Å². The third kappa shape index (κ3) is 2.75. The molecule has 1 aliphatic carbocycles. The maximum atomic E-state index is 10.3. The molecular weight excluding hydrogens is 316 g/mol. The number of phenols is 1. The molecular formula is C19H16N4O2. The van der Waals surface area contributed by atoms with Gasteiger partial charge in [0.1, 0.15) is 11.4 Å². The Hall–Kier alpha value is -3.17. The summed E-state index contributed by atoms with van der Waals surface area (Å²) < 4.78 is 0. The highest BCUT2D eigenvalue weighted by Gasteiger charge is 2.28. The average Bonchev–Trinajstić information content (AvgIpc) is 2.61. The van der Waals surface area contributed by atoms with Crippen molar-refractivity contribution >= 4 is 16.6 Å². The third-order valence-corrected chi connectivity index (χ3v) is 4.52. The van der Waals surface area contributed by atoms with Gasteiger partial charge in [-0.25, -0.2) is 0 Å². The van der Waals surface area contributed by atoms with Gasteiger partial charge in [-0.05, 0) is 31.0 Å². The van der Waals surface area contributed by atoms with Crippen LogP contribution in [0.2, 0.25) is 0 Å². The summed E-state index contributed by atoms with van der Waals surface area (Å²) in [6, 6.07) is 14.7. The molecule has 0 radical (unpaired) electrons. The smallest absolute Gasteiger partial charge is 0.156 e. The van der Waals surface area contributed by atoms with E-state index < -0.39 is 0 Å². The summed E-state index contributed by atoms with van der Waals surface area (Å²) in [7, 11) is 0. The van der Waals surface area contributed by atoms with E-state index in [0.29, 0.717) is 35.5 Å². The van der Waals surface area contributed by atoms with Crippen LogP contribution in [0.4, 0.5) is 5.82 Å². The molecule has 6 heteroatoms. The normalized spacial score (nSPS) is 19.2. The molecule has 6 nitrogen and oxygen atoms in total. The standard InChI is InChI=1S/C19H16N4O2/c20-10-11-5-6-16(17(25)7-11)18-14-3-1-2-4-15(14)19(23-22-18)21-12-8-13(24)9-12/h1-7,12-13,24-25H,8-9H2,(H,21,23). The predicted octanol–water partition coefficient (Wildman–Crippen LogP) is 2.81. The van der Waals surface area contributed by atoms with Crippen molar-refractivity contribution in [2.75, 3.05) is 5.32 Å². The second kappa shape index (κ2) is 6.04. The number of nitrogens with zero attached hydrogens (tertiary/aromatic N) is 3. The molecule has 3 N–H and O–H groups in total. The van der Waals surface area contributed by atoms with E-state index in [-0.39, 0.29) is 17.9 Å². The number of aliphatic hydroxyl groups is 1. The van der Waals surface area contributed by atoms with Crippen molar-refractivity contribution in [1.82, 2.24) is 10.2 Å². The number of phenolic OH excluding ortho intramolecular Hbond substituents is 1. The van der Waals surface area contributed by atoms with Crippen LogP contribution in [-0.4, -0.2) is 32.6 Å². The van der Waals surface area contributed by atoms with Gasteiger partial charge in [0.15, 0.2) is 5.82 Å². The Morgan fingerprint density at radius 3 is 2.52 bits per heavy atom. The number of hydrogen-bond acceptors (Lipinski definition) is 6. The highest BCUT2D eigenvalue weighted by Crippen LogP contribution is 2.35. The Morgan fingerprint density at radius 1 is 1.08 bits per heavy atom. The maximum absolute atomic E-state index is 10.3. The second-order valence-corrected chi connectivity index (χ2v) is 6.25. The molecule has 0 atom stereocenters. The SMILES string of the molecule is N#Cc1ccc(-c2nnc(NC3CC(O)C3)c3ccccc23)c(O)c1. The number of nitrogens with one attached hydrogen (secondary N) is 1. The highest BCUT2D eigenvalue weighted by atomic mass is 16.3. The van der Waals surface area contributed by atoms with Crippen LogP contribution in [0.3, 0.4) is 0 Å². The molecule has 1 saturated carbocycles. The molecule has 2 aromatic carbocycles. The Kier molecular flexibility index (Phi) is 3.71. The maximum Gasteiger partial charge on any atom is 0.156 e. The van der Waals surface area contributed by atoms with Gasteiger partial charge in [0.2, 0.25) is 0 Å². The van der Waals surface area contributed by atoms with Crippen molar-refractivity contribution in [3.05, 3.63) is 48.0 Å². The van der Waals surface area contributed by atoms with Gasteiger partial charge in [-0.2, -0.15) is 5.26 Å². The molecule has 3 aromatic rings. The summed E-state index contributed by atoms with van der Waals surface area (Å²) >= 11 is 0. The molecule has 1 heterocycles. The first-order valence-corrected chi connectivity index (χ1v) is 8.09. The molecule has 1 fully saturated rings. The lowest BCUT2D eigenvalue weighted by Crippen LogP contribution is -2.39. The van der Waals surface area contributed by atoms with Crippen LogP contribution in [0.5, 0.6) is 5.75 Å². The minimum atomic E-state index is -0.244. The van der Waals surface area contributed by atoms with Crippen molar-refractivity contribution in [1.29, 1.82) is 5.26 Å². The van der Waals surface area contributed by atoms with Gasteiger partial charge >= 0.3 is 0 Å². The van der Waals surface area contributed by atoms with Crippen LogP contribution in [-0.2, 0) is 0 Å². The van der Waals surface area contributed by atoms with E-state index in [1.165, 1.54) is 6.07 Å². The van der Waals surface area contributed by atoms with Crippen molar-refractivity contribution < 1.29 is 10.2 Å². The van der Waals surface area contributed by atoms with Crippen LogP contribution >= 0.6 is 0 Å². The highest BCUT2D eigenvalue weighted by molar-refractivity contribution is 6.00. The topological polar surface area (TPSA) is 102 Å². The number of aliphatic hydroxyl groups excluding tert-OH is 1. The Morgan fingerprint density at radius 2 is 1.84 bits per heavy atom. The molecule has 0 amide bonds. The second-order valence-electron chi connectivity index (χ2n) is 6.25. The van der Waals surface area contributed by atoms with E-state index >= 15 is 0 Å². The summed E-state index contributed by atoms with van der Waals surface area (Å²) in [5.74, 6) is 0.672. The monoisotopic (exact) mass is 332 g/mol. The van der Waals surface area contributed by atoms with Crippen LogP contribution in [0.25, 0.3) is 22.0 Å². The van der Waals surface area contributed by atoms with E-state index in [2.05, 4.69) is 15.5 Å². The number of fused-ring (bicyclic) bond motifs is 1. The predicted molar refractivity (Wildman–Crippen MR) is 94.0 cm³/mol. The number of aromatic nitrogens is 2. The fraction of sp³-hybridized carbons (Fsp3) is 0.211. The molecule has 1 aliphatic rings. The minimum absolute atomic E-state index is 0.00123. The van der Waals surface area contributed by atoms with Crippen molar-refractivity contribution in [3.8, 4) is 23.1 Å². The molecule has 0 spiro atoms. The zero-order valence-electron chi connectivity index (χ0n) is 13.3. The first-order chi connectivity index (χ1) is 12.2. The Bertz CT molecular complexity index is 990. The molecule has 0 aliphatic heterocycles. The molecule has 124 valence electrons. The van der Waals surface area contributed by atoms with E-state index in [1.54, 1.807) is 12.1 Å². The summed E-state index contributed by atoms with van der Waals surface area (Å²) in [6.07, 6.45) is 1.16. The number of aromatic hydroxyl groups is 1. The molecule has 1 aromatic heterocycles. The molecule has 25 heavy (non-hydrogen) atoms. The lowest BCUT2D eigenvalue weighted by atomic mass is 9.89. The molecule has 0 bridgehead atoms. The van der Waals surface area contributed by atoms with E-state index in [9.17, 15) is 10.2 Å². The minimum Gasteiger partial charge on any atom is -0.507 e. The fourth-order valence-corrected chi connectivity index (χ4v) is 3.11. The zero-order chi connectivity index (χ0) is 17.4. The summed E-state index contributed by atoms with van der Waals surface area (Å²) in [6.45, 7) is 0. The zero-order valence-corrected chi connectivity index (χ0v) is 13.3. The van der Waals surface area contributed by atoms with E-state index in [1.807, 2.05) is 30.3 Å². The number of nitriles is 1. The number of hydrogen-bond donors (Lipinski definition) is 3. The first kappa shape index (κ1) is 15.4. The van der Waals surface area contributed by atoms with Crippen LogP contribution in [0.15, 0.2) is 42.5 Å². The van der Waals surface area contributed by atoms with Gasteiger partial charge in [-0.1, -0.05) is 24.3 Å². The number of rotatable bonds is 3. The van der Waals surface area contributed by atoms with Crippen molar-refractivity contribution in [2.45, 2.75) is 25.0 Å². The Balaban J connectivity index is 1.80. The summed E-state index contributed by atoms with van der Waals surface area (Å²) in [5, 5.41) is 42.3. The van der Waals surface area contributed by atoms with Crippen molar-refractivity contribution in [3.63, 3.8) is 0 Å². The lowest BCUT2D eigenvalue weighted by molar-refractivity contribution is 0.0835. The van der Waals surface area contributed by atoms with E-state index in [0.717, 1.165) is 10.8 Å². The Labute approximate surface area is 144 Å². The van der Waals surface area contributed by atoms with Gasteiger partial charge in [-0.15, -0.1) is 10.2 Å². The van der Waals surface area contributed by atoms with Gasteiger partial charge in [-0.3, -0.25) is 0 Å². The fourth-order valence-electron chi connectivity index (χ4n) is 3.11. The first-order valence-electron chi connectivity index (χ1n) is 8.09. The van der Waals surface area contributed by atoms with Crippen LogP contribution in [0.1, 0.15) is 18.4 Å². The quantitative estimate of drug-likeness (QED) is 0.681. The summed E-state index contributed by atoms with van der Waals surface area (Å²) in [4.78, 5) is 0. The van der Waals surface area contributed by atoms with Crippen molar-refractivity contribution in [2.24, 2.45) is 0 Å². The van der Waals surface area contributed by atoms with E-state index in [4.69, 9.17) is 5.26 Å². The third-order valence-electron chi connectivity index (χ3n) is 4.52. The average molecular weight is 332 g/mol. The largest absolute Gasteiger partial charge is 0.507 e. The molecule has 0 saturated heterocycles. The van der Waals surface area contributed by atoms with Gasteiger partial charge in [0, 0.05) is 22.4 Å². The molecule has 0 unspecified atom stereocenters. The van der Waals surface area contributed by atoms with Gasteiger partial charge in [0.25, 0.3) is 0 Å². The number of anilines is 1.